The minimum absolute atomic E-state index is 0.0455. The van der Waals surface area contributed by atoms with Gasteiger partial charge in [0.05, 0.1) is 13.0 Å². The summed E-state index contributed by atoms with van der Waals surface area (Å²) in [6, 6.07) is 4.40. The predicted molar refractivity (Wildman–Crippen MR) is 98.8 cm³/mol. The number of hydrogen-bond acceptors (Lipinski definition) is 5. The van der Waals surface area contributed by atoms with Crippen LogP contribution in [0.3, 0.4) is 0 Å². The average Bonchev–Trinajstić information content (AvgIpc) is 3.37. The fourth-order valence-corrected chi connectivity index (χ4v) is 5.56. The molecule has 1 aromatic rings. The first-order valence-electron chi connectivity index (χ1n) is 9.99. The molecule has 0 spiro atoms. The second kappa shape index (κ2) is 5.70. The van der Waals surface area contributed by atoms with E-state index in [1.165, 1.54) is 18.4 Å². The standard InChI is InChI=1S/C21H28N2O3/c1-3-23(11-12-4-5-12)16-10-13-6-7-15(25-2)20-17(13)18-19(26-20)14(24)8-9-21(16,18)22/h6-7,12,16,18-19H,3-5,8-11,22H2,1-2H3/t16-,18?,19+,21-/m1/s1. The van der Waals surface area contributed by atoms with Crippen LogP contribution in [0.5, 0.6) is 11.5 Å². The molecule has 3 aliphatic carbocycles. The fraction of sp³-hybridized carbons (Fsp3) is 0.667. The molecule has 1 aliphatic heterocycles. The first kappa shape index (κ1) is 16.6. The monoisotopic (exact) mass is 356 g/mol. The van der Waals surface area contributed by atoms with Gasteiger partial charge >= 0.3 is 0 Å². The van der Waals surface area contributed by atoms with Crippen molar-refractivity contribution in [1.82, 2.24) is 4.90 Å². The quantitative estimate of drug-likeness (QED) is 0.877. The minimum Gasteiger partial charge on any atom is -0.493 e. The summed E-state index contributed by atoms with van der Waals surface area (Å²) in [6.07, 6.45) is 4.43. The lowest BCUT2D eigenvalue weighted by molar-refractivity contribution is -0.131. The lowest BCUT2D eigenvalue weighted by Gasteiger charge is -2.53. The highest BCUT2D eigenvalue weighted by atomic mass is 16.5. The summed E-state index contributed by atoms with van der Waals surface area (Å²) in [7, 11) is 1.65. The highest BCUT2D eigenvalue weighted by Crippen LogP contribution is 2.57. The number of Topliss-reactive ketones (excluding diaryl/α,β-unsaturated/α-hetero) is 1. The number of nitrogens with zero attached hydrogens (tertiary/aromatic N) is 1. The van der Waals surface area contributed by atoms with Crippen LogP contribution in [0.1, 0.15) is 49.7 Å². The summed E-state index contributed by atoms with van der Waals surface area (Å²) in [6.45, 7) is 4.37. The smallest absolute Gasteiger partial charge is 0.174 e. The number of benzene rings is 1. The van der Waals surface area contributed by atoms with Crippen molar-refractivity contribution in [3.63, 3.8) is 0 Å². The molecule has 5 heteroatoms. The van der Waals surface area contributed by atoms with Crippen LogP contribution < -0.4 is 15.2 Å². The first-order valence-corrected chi connectivity index (χ1v) is 9.99. The van der Waals surface area contributed by atoms with Gasteiger partial charge in [-0.3, -0.25) is 9.69 Å². The molecule has 2 N–H and O–H groups in total. The zero-order valence-corrected chi connectivity index (χ0v) is 15.7. The van der Waals surface area contributed by atoms with Crippen molar-refractivity contribution in [2.75, 3.05) is 20.2 Å². The third-order valence-corrected chi connectivity index (χ3v) is 7.10. The van der Waals surface area contributed by atoms with Gasteiger partial charge in [-0.15, -0.1) is 0 Å². The number of hydrogen-bond donors (Lipinski definition) is 1. The number of likely N-dealkylation sites (N-methyl/N-ethyl adjacent to an activating group) is 1. The lowest BCUT2D eigenvalue weighted by Crippen LogP contribution is -2.68. The Morgan fingerprint density at radius 1 is 1.38 bits per heavy atom. The molecule has 0 amide bonds. The van der Waals surface area contributed by atoms with E-state index in [2.05, 4.69) is 17.9 Å². The van der Waals surface area contributed by atoms with Crippen LogP contribution >= 0.6 is 0 Å². The van der Waals surface area contributed by atoms with Crippen LogP contribution in [0.15, 0.2) is 12.1 Å². The third-order valence-electron chi connectivity index (χ3n) is 7.10. The molecular formula is C21H28N2O3. The molecular weight excluding hydrogens is 328 g/mol. The van der Waals surface area contributed by atoms with E-state index in [4.69, 9.17) is 15.2 Å². The van der Waals surface area contributed by atoms with E-state index in [-0.39, 0.29) is 17.7 Å². The SMILES string of the molecule is CCN(CC1CC1)[C@@H]1Cc2ccc(OC)c3c2C2[C@@H](O3)C(=O)CC[C@]21N. The number of ketones is 1. The van der Waals surface area contributed by atoms with Gasteiger partial charge in [-0.05, 0) is 49.8 Å². The largest absolute Gasteiger partial charge is 0.493 e. The van der Waals surface area contributed by atoms with Gasteiger partial charge in [0.1, 0.15) is 0 Å². The van der Waals surface area contributed by atoms with Gasteiger partial charge in [-0.1, -0.05) is 13.0 Å². The minimum atomic E-state index is -0.443. The summed E-state index contributed by atoms with van der Waals surface area (Å²) >= 11 is 0. The van der Waals surface area contributed by atoms with Gasteiger partial charge in [-0.2, -0.15) is 0 Å². The van der Waals surface area contributed by atoms with E-state index in [9.17, 15) is 4.79 Å². The van der Waals surface area contributed by atoms with E-state index < -0.39 is 11.6 Å². The maximum absolute atomic E-state index is 12.7. The Morgan fingerprint density at radius 3 is 2.88 bits per heavy atom. The number of rotatable bonds is 5. The second-order valence-corrected chi connectivity index (χ2v) is 8.52. The Balaban J connectivity index is 1.62. The van der Waals surface area contributed by atoms with Crippen molar-refractivity contribution >= 4 is 5.78 Å². The summed E-state index contributed by atoms with van der Waals surface area (Å²) in [5.74, 6) is 2.44. The van der Waals surface area contributed by atoms with Crippen molar-refractivity contribution in [3.05, 3.63) is 23.3 Å². The first-order chi connectivity index (χ1) is 12.6. The summed E-state index contributed by atoms with van der Waals surface area (Å²) < 4.78 is 11.7. The third kappa shape index (κ3) is 2.20. The lowest BCUT2D eigenvalue weighted by atomic mass is 9.60. The van der Waals surface area contributed by atoms with Crippen molar-refractivity contribution in [2.24, 2.45) is 11.7 Å². The predicted octanol–water partition coefficient (Wildman–Crippen LogP) is 2.26. The van der Waals surface area contributed by atoms with Crippen LogP contribution in [0.2, 0.25) is 0 Å². The number of methoxy groups -OCH3 is 1. The van der Waals surface area contributed by atoms with Crippen molar-refractivity contribution in [3.8, 4) is 11.5 Å². The molecule has 4 aliphatic rings. The number of carbonyl (C=O) groups is 1. The molecule has 4 atom stereocenters. The zero-order chi connectivity index (χ0) is 18.1. The van der Waals surface area contributed by atoms with E-state index in [1.807, 2.05) is 6.07 Å². The van der Waals surface area contributed by atoms with Gasteiger partial charge in [0.25, 0.3) is 0 Å². The Kier molecular flexibility index (Phi) is 3.63. The van der Waals surface area contributed by atoms with Crippen LogP contribution in [0.4, 0.5) is 0 Å². The van der Waals surface area contributed by atoms with Crippen LogP contribution in [-0.4, -0.2) is 48.6 Å². The Hall–Kier alpha value is -1.59. The zero-order valence-electron chi connectivity index (χ0n) is 15.7. The Bertz CT molecular complexity index is 760. The van der Waals surface area contributed by atoms with Gasteiger partial charge in [0.15, 0.2) is 23.4 Å². The Morgan fingerprint density at radius 2 is 2.19 bits per heavy atom. The van der Waals surface area contributed by atoms with Gasteiger partial charge in [0.2, 0.25) is 0 Å². The topological polar surface area (TPSA) is 64.8 Å². The number of nitrogens with two attached hydrogens (primary N) is 1. The second-order valence-electron chi connectivity index (χ2n) is 8.52. The molecule has 2 saturated carbocycles. The number of carbonyl (C=O) groups excluding carboxylic acids is 1. The average molecular weight is 356 g/mol. The molecule has 1 unspecified atom stereocenters. The van der Waals surface area contributed by atoms with Gasteiger partial charge in [-0.25, -0.2) is 0 Å². The maximum atomic E-state index is 12.7. The fourth-order valence-electron chi connectivity index (χ4n) is 5.56. The molecule has 0 bridgehead atoms. The molecule has 26 heavy (non-hydrogen) atoms. The molecule has 5 rings (SSSR count). The van der Waals surface area contributed by atoms with Gasteiger partial charge in [0, 0.05) is 30.1 Å². The van der Waals surface area contributed by atoms with Gasteiger partial charge < -0.3 is 15.2 Å². The normalized spacial score (nSPS) is 34.6. The van der Waals surface area contributed by atoms with E-state index in [0.717, 1.165) is 48.9 Å². The van der Waals surface area contributed by atoms with Crippen molar-refractivity contribution in [2.45, 2.75) is 62.6 Å². The molecule has 2 fully saturated rings. The molecule has 1 aromatic carbocycles. The van der Waals surface area contributed by atoms with Crippen molar-refractivity contribution < 1.29 is 14.3 Å². The summed E-state index contributed by atoms with van der Waals surface area (Å²) in [4.78, 5) is 15.2. The van der Waals surface area contributed by atoms with Crippen LogP contribution in [-0.2, 0) is 11.2 Å². The Labute approximate surface area is 154 Å². The van der Waals surface area contributed by atoms with Crippen LogP contribution in [0, 0.1) is 5.92 Å². The van der Waals surface area contributed by atoms with Crippen LogP contribution in [0.25, 0.3) is 0 Å². The number of ether oxygens (including phenoxy) is 2. The molecule has 0 saturated heterocycles. The highest BCUT2D eigenvalue weighted by Gasteiger charge is 2.60. The molecule has 140 valence electrons. The molecule has 5 nitrogen and oxygen atoms in total. The maximum Gasteiger partial charge on any atom is 0.174 e. The molecule has 1 heterocycles. The highest BCUT2D eigenvalue weighted by molar-refractivity contribution is 5.88. The van der Waals surface area contributed by atoms with E-state index >= 15 is 0 Å². The van der Waals surface area contributed by atoms with Crippen molar-refractivity contribution in [1.29, 1.82) is 0 Å². The molecule has 0 radical (unpaired) electrons. The van der Waals surface area contributed by atoms with E-state index in [1.54, 1.807) is 7.11 Å². The summed E-state index contributed by atoms with van der Waals surface area (Å²) in [5, 5.41) is 0. The summed E-state index contributed by atoms with van der Waals surface area (Å²) in [5.41, 5.74) is 9.17. The molecule has 0 aromatic heterocycles. The van der Waals surface area contributed by atoms with E-state index in [0.29, 0.717) is 6.42 Å².